The summed E-state index contributed by atoms with van der Waals surface area (Å²) in [4.78, 5) is 15.3. The molecule has 16 heavy (non-hydrogen) atoms. The first-order valence-electron chi connectivity index (χ1n) is 5.11. The van der Waals surface area contributed by atoms with Crippen molar-refractivity contribution in [2.75, 3.05) is 5.73 Å². The Morgan fingerprint density at radius 1 is 1.31 bits per heavy atom. The third kappa shape index (κ3) is 1.71. The molecule has 0 fully saturated rings. The van der Waals surface area contributed by atoms with E-state index < -0.39 is 0 Å². The highest BCUT2D eigenvalue weighted by molar-refractivity contribution is 5.81. The number of imidazole rings is 1. The molecule has 2 rings (SSSR count). The Hall–Kier alpha value is -1.69. The van der Waals surface area contributed by atoms with Crippen LogP contribution in [0.25, 0.3) is 11.2 Å². The molecule has 0 spiro atoms. The molecule has 0 aliphatic rings. The van der Waals surface area contributed by atoms with Gasteiger partial charge < -0.3 is 16.5 Å². The topological polar surface area (TPSA) is 106 Å². The van der Waals surface area contributed by atoms with E-state index in [0.29, 0.717) is 22.8 Å². The molecule has 2 aromatic heterocycles. The average molecular weight is 220 g/mol. The van der Waals surface area contributed by atoms with Crippen LogP contribution in [0.1, 0.15) is 32.6 Å². The van der Waals surface area contributed by atoms with Gasteiger partial charge in [0.1, 0.15) is 17.7 Å². The van der Waals surface area contributed by atoms with Crippen molar-refractivity contribution in [1.82, 2.24) is 19.9 Å². The molecular formula is C10H16N6. The fraction of sp³-hybridized carbons (Fsp3) is 0.500. The van der Waals surface area contributed by atoms with E-state index in [1.165, 1.54) is 6.33 Å². The third-order valence-corrected chi connectivity index (χ3v) is 2.56. The van der Waals surface area contributed by atoms with Crippen molar-refractivity contribution in [2.24, 2.45) is 11.1 Å². The van der Waals surface area contributed by atoms with Crippen LogP contribution in [0.4, 0.5) is 5.82 Å². The SMILES string of the molecule is CC(C)(C)C(N)c1nc2ncnc(N)c2[nH]1. The quantitative estimate of drug-likeness (QED) is 0.664. The van der Waals surface area contributed by atoms with Crippen LogP contribution >= 0.6 is 0 Å². The first-order valence-corrected chi connectivity index (χ1v) is 5.11. The van der Waals surface area contributed by atoms with E-state index in [0.717, 1.165) is 0 Å². The predicted molar refractivity (Wildman–Crippen MR) is 62.5 cm³/mol. The number of nitrogens with one attached hydrogen (secondary N) is 1. The monoisotopic (exact) mass is 220 g/mol. The molecule has 2 heterocycles. The van der Waals surface area contributed by atoms with Gasteiger partial charge in [0, 0.05) is 0 Å². The summed E-state index contributed by atoms with van der Waals surface area (Å²) < 4.78 is 0. The number of hydrogen-bond donors (Lipinski definition) is 3. The number of H-pyrrole nitrogens is 1. The summed E-state index contributed by atoms with van der Waals surface area (Å²) >= 11 is 0. The summed E-state index contributed by atoms with van der Waals surface area (Å²) in [6.45, 7) is 6.17. The van der Waals surface area contributed by atoms with E-state index in [-0.39, 0.29) is 11.5 Å². The lowest BCUT2D eigenvalue weighted by atomic mass is 9.87. The Bertz CT molecular complexity index is 509. The van der Waals surface area contributed by atoms with Gasteiger partial charge in [-0.1, -0.05) is 20.8 Å². The number of anilines is 1. The van der Waals surface area contributed by atoms with Gasteiger partial charge >= 0.3 is 0 Å². The molecule has 1 unspecified atom stereocenters. The molecule has 2 aromatic rings. The van der Waals surface area contributed by atoms with E-state index in [1.807, 2.05) is 0 Å². The van der Waals surface area contributed by atoms with Gasteiger partial charge in [-0.05, 0) is 5.41 Å². The van der Waals surface area contributed by atoms with Crippen molar-refractivity contribution < 1.29 is 0 Å². The van der Waals surface area contributed by atoms with Gasteiger partial charge in [-0.25, -0.2) is 15.0 Å². The minimum absolute atomic E-state index is 0.0733. The molecule has 1 atom stereocenters. The molecule has 6 heteroatoms. The zero-order chi connectivity index (χ0) is 11.9. The summed E-state index contributed by atoms with van der Waals surface area (Å²) in [5, 5.41) is 0. The van der Waals surface area contributed by atoms with Crippen LogP contribution in [0.2, 0.25) is 0 Å². The normalized spacial score (nSPS) is 14.2. The van der Waals surface area contributed by atoms with Gasteiger partial charge in [0.05, 0.1) is 6.04 Å². The number of nitrogens with zero attached hydrogens (tertiary/aromatic N) is 3. The minimum Gasteiger partial charge on any atom is -0.382 e. The molecule has 0 aliphatic carbocycles. The lowest BCUT2D eigenvalue weighted by Crippen LogP contribution is -2.27. The molecule has 0 saturated heterocycles. The van der Waals surface area contributed by atoms with Gasteiger partial charge in [-0.2, -0.15) is 0 Å². The van der Waals surface area contributed by atoms with Crippen LogP contribution in [0, 0.1) is 5.41 Å². The summed E-state index contributed by atoms with van der Waals surface area (Å²) in [6.07, 6.45) is 1.39. The van der Waals surface area contributed by atoms with Crippen LogP contribution in [0.15, 0.2) is 6.33 Å². The average Bonchev–Trinajstić information content (AvgIpc) is 2.60. The van der Waals surface area contributed by atoms with E-state index in [2.05, 4.69) is 40.7 Å². The van der Waals surface area contributed by atoms with Crippen molar-refractivity contribution >= 4 is 17.0 Å². The largest absolute Gasteiger partial charge is 0.382 e. The smallest absolute Gasteiger partial charge is 0.183 e. The van der Waals surface area contributed by atoms with Gasteiger partial charge in [-0.3, -0.25) is 0 Å². The highest BCUT2D eigenvalue weighted by Crippen LogP contribution is 2.29. The Morgan fingerprint density at radius 2 is 2.00 bits per heavy atom. The third-order valence-electron chi connectivity index (χ3n) is 2.56. The molecule has 0 saturated carbocycles. The summed E-state index contributed by atoms with van der Waals surface area (Å²) in [5.74, 6) is 1.08. The van der Waals surface area contributed by atoms with Crippen molar-refractivity contribution in [3.05, 3.63) is 12.2 Å². The van der Waals surface area contributed by atoms with Crippen molar-refractivity contribution in [1.29, 1.82) is 0 Å². The molecule has 0 amide bonds. The second kappa shape index (κ2) is 3.41. The minimum atomic E-state index is -0.193. The number of nitrogen functional groups attached to an aromatic ring is 1. The van der Waals surface area contributed by atoms with Crippen LogP contribution in [-0.2, 0) is 0 Å². The van der Waals surface area contributed by atoms with Crippen LogP contribution in [0.5, 0.6) is 0 Å². The summed E-state index contributed by atoms with van der Waals surface area (Å²) in [7, 11) is 0. The van der Waals surface area contributed by atoms with Crippen LogP contribution < -0.4 is 11.5 Å². The van der Waals surface area contributed by atoms with Gasteiger partial charge in [0.2, 0.25) is 0 Å². The second-order valence-corrected chi connectivity index (χ2v) is 4.92. The predicted octanol–water partition coefficient (Wildman–Crippen LogP) is 0.981. The Kier molecular flexibility index (Phi) is 2.31. The highest BCUT2D eigenvalue weighted by Gasteiger charge is 2.25. The fourth-order valence-electron chi connectivity index (χ4n) is 1.42. The lowest BCUT2D eigenvalue weighted by molar-refractivity contribution is 0.317. The zero-order valence-electron chi connectivity index (χ0n) is 9.65. The second-order valence-electron chi connectivity index (χ2n) is 4.92. The molecule has 86 valence electrons. The molecule has 6 nitrogen and oxygen atoms in total. The van der Waals surface area contributed by atoms with Crippen LogP contribution in [0.3, 0.4) is 0 Å². The number of rotatable bonds is 1. The maximum atomic E-state index is 6.10. The Morgan fingerprint density at radius 3 is 2.56 bits per heavy atom. The van der Waals surface area contributed by atoms with Crippen molar-refractivity contribution in [3.8, 4) is 0 Å². The number of fused-ring (bicyclic) bond motifs is 1. The molecule has 0 bridgehead atoms. The number of aromatic amines is 1. The summed E-state index contributed by atoms with van der Waals surface area (Å²) in [5.41, 5.74) is 13.0. The van der Waals surface area contributed by atoms with Gasteiger partial charge in [0.15, 0.2) is 11.5 Å². The maximum absolute atomic E-state index is 6.10. The first kappa shape index (κ1) is 10.8. The van der Waals surface area contributed by atoms with Gasteiger partial charge in [0.25, 0.3) is 0 Å². The van der Waals surface area contributed by atoms with Gasteiger partial charge in [-0.15, -0.1) is 0 Å². The number of aromatic nitrogens is 4. The highest BCUT2D eigenvalue weighted by atomic mass is 15.1. The molecule has 5 N–H and O–H groups in total. The molecule has 0 aliphatic heterocycles. The first-order chi connectivity index (χ1) is 7.39. The van der Waals surface area contributed by atoms with E-state index in [4.69, 9.17) is 11.5 Å². The maximum Gasteiger partial charge on any atom is 0.183 e. The Balaban J connectivity index is 2.52. The van der Waals surface area contributed by atoms with Crippen molar-refractivity contribution in [2.45, 2.75) is 26.8 Å². The lowest BCUT2D eigenvalue weighted by Gasteiger charge is -2.24. The number of hydrogen-bond acceptors (Lipinski definition) is 5. The Labute approximate surface area is 93.5 Å². The van der Waals surface area contributed by atoms with Crippen LogP contribution in [-0.4, -0.2) is 19.9 Å². The molecule has 0 aromatic carbocycles. The standard InChI is InChI=1S/C10H16N6/c1-10(2,3)6(11)9-15-5-7(12)13-4-14-8(5)16-9/h4,6H,11H2,1-3H3,(H3,12,13,14,15,16). The molecular weight excluding hydrogens is 204 g/mol. The van der Waals surface area contributed by atoms with E-state index >= 15 is 0 Å². The van der Waals surface area contributed by atoms with E-state index in [9.17, 15) is 0 Å². The zero-order valence-corrected chi connectivity index (χ0v) is 9.65. The fourth-order valence-corrected chi connectivity index (χ4v) is 1.42. The van der Waals surface area contributed by atoms with Crippen molar-refractivity contribution in [3.63, 3.8) is 0 Å². The summed E-state index contributed by atoms with van der Waals surface area (Å²) in [6, 6.07) is -0.193. The number of nitrogens with two attached hydrogens (primary N) is 2. The molecule has 0 radical (unpaired) electrons. The van der Waals surface area contributed by atoms with E-state index in [1.54, 1.807) is 0 Å².